The van der Waals surface area contributed by atoms with Crippen LogP contribution < -0.4 is 5.43 Å². The van der Waals surface area contributed by atoms with E-state index in [0.717, 1.165) is 6.07 Å². The second-order valence-electron chi connectivity index (χ2n) is 2.12. The average molecular weight is 170 g/mol. The first-order chi connectivity index (χ1) is 5.75. The maximum atomic E-state index is 12.8. The van der Waals surface area contributed by atoms with Gasteiger partial charge < -0.3 is 5.43 Å². The van der Waals surface area contributed by atoms with Crippen LogP contribution in [0.25, 0.3) is 0 Å². The van der Waals surface area contributed by atoms with Gasteiger partial charge in [0.05, 0.1) is 6.21 Å². The number of rotatable bonds is 2. The van der Waals surface area contributed by atoms with Gasteiger partial charge in [-0.2, -0.15) is 5.10 Å². The topological polar surface area (TPSA) is 24.4 Å². The van der Waals surface area contributed by atoms with Crippen LogP contribution in [0.1, 0.15) is 5.56 Å². The first-order valence-electron chi connectivity index (χ1n) is 3.39. The molecule has 0 aliphatic rings. The van der Waals surface area contributed by atoms with Crippen LogP contribution in [0.15, 0.2) is 23.3 Å². The van der Waals surface area contributed by atoms with Crippen molar-refractivity contribution in [3.8, 4) is 0 Å². The number of nitrogens with zero attached hydrogens (tertiary/aromatic N) is 1. The third kappa shape index (κ3) is 1.78. The van der Waals surface area contributed by atoms with E-state index in [0.29, 0.717) is 0 Å². The van der Waals surface area contributed by atoms with Crippen molar-refractivity contribution in [2.24, 2.45) is 5.10 Å². The van der Waals surface area contributed by atoms with Gasteiger partial charge in [0.2, 0.25) is 0 Å². The smallest absolute Gasteiger partial charge is 0.167 e. The largest absolute Gasteiger partial charge is 0.313 e. The lowest BCUT2D eigenvalue weighted by Gasteiger charge is -1.95. The molecule has 1 aromatic carbocycles. The Morgan fingerprint density at radius 1 is 1.42 bits per heavy atom. The fourth-order valence-corrected chi connectivity index (χ4v) is 0.754. The fourth-order valence-electron chi connectivity index (χ4n) is 0.754. The molecule has 1 aromatic rings. The molecule has 0 saturated heterocycles. The number of hydrogen-bond acceptors (Lipinski definition) is 2. The van der Waals surface area contributed by atoms with Crippen molar-refractivity contribution in [2.75, 3.05) is 7.05 Å². The van der Waals surface area contributed by atoms with Crippen molar-refractivity contribution in [3.63, 3.8) is 0 Å². The average Bonchev–Trinajstić information content (AvgIpc) is 2.08. The fraction of sp³-hybridized carbons (Fsp3) is 0.125. The molecule has 2 nitrogen and oxygen atoms in total. The summed E-state index contributed by atoms with van der Waals surface area (Å²) < 4.78 is 25.4. The van der Waals surface area contributed by atoms with Crippen molar-refractivity contribution < 1.29 is 8.78 Å². The third-order valence-electron chi connectivity index (χ3n) is 1.31. The summed E-state index contributed by atoms with van der Waals surface area (Å²) in [6.45, 7) is 0. The van der Waals surface area contributed by atoms with Crippen molar-refractivity contribution in [1.29, 1.82) is 0 Å². The molecule has 0 aromatic heterocycles. The standard InChI is InChI=1S/C8H8F2N2/c1-11-12-5-6-3-2-4-7(9)8(6)10/h2-5,11H,1H3. The maximum Gasteiger partial charge on any atom is 0.167 e. The Labute approximate surface area is 68.9 Å². The Morgan fingerprint density at radius 2 is 2.17 bits per heavy atom. The van der Waals surface area contributed by atoms with Crippen LogP contribution in [0.2, 0.25) is 0 Å². The highest BCUT2D eigenvalue weighted by Crippen LogP contribution is 2.08. The Bertz CT molecular complexity index is 297. The normalized spacial score (nSPS) is 10.6. The number of hydrazone groups is 1. The summed E-state index contributed by atoms with van der Waals surface area (Å²) >= 11 is 0. The molecule has 0 unspecified atom stereocenters. The number of halogens is 2. The van der Waals surface area contributed by atoms with Gasteiger partial charge in [-0.05, 0) is 6.07 Å². The van der Waals surface area contributed by atoms with Crippen LogP contribution in [-0.4, -0.2) is 13.3 Å². The zero-order valence-corrected chi connectivity index (χ0v) is 6.51. The highest BCUT2D eigenvalue weighted by Gasteiger charge is 2.03. The molecule has 0 fully saturated rings. The molecule has 0 bridgehead atoms. The predicted octanol–water partition coefficient (Wildman–Crippen LogP) is 1.52. The van der Waals surface area contributed by atoms with E-state index in [2.05, 4.69) is 10.5 Å². The van der Waals surface area contributed by atoms with E-state index in [1.807, 2.05) is 0 Å². The van der Waals surface area contributed by atoms with E-state index in [1.165, 1.54) is 18.3 Å². The zero-order chi connectivity index (χ0) is 8.97. The van der Waals surface area contributed by atoms with E-state index in [-0.39, 0.29) is 5.56 Å². The van der Waals surface area contributed by atoms with Gasteiger partial charge in [0.15, 0.2) is 11.6 Å². The SMILES string of the molecule is CNN=Cc1cccc(F)c1F. The molecule has 0 saturated carbocycles. The molecule has 0 aliphatic carbocycles. The quantitative estimate of drug-likeness (QED) is 0.528. The molecule has 0 amide bonds. The summed E-state index contributed by atoms with van der Waals surface area (Å²) in [5.74, 6) is -1.74. The second-order valence-corrected chi connectivity index (χ2v) is 2.12. The molecule has 0 radical (unpaired) electrons. The van der Waals surface area contributed by atoms with Gasteiger partial charge >= 0.3 is 0 Å². The van der Waals surface area contributed by atoms with Crippen LogP contribution in [0.5, 0.6) is 0 Å². The van der Waals surface area contributed by atoms with Crippen LogP contribution in [0.3, 0.4) is 0 Å². The number of benzene rings is 1. The van der Waals surface area contributed by atoms with E-state index < -0.39 is 11.6 Å². The van der Waals surface area contributed by atoms with Crippen LogP contribution in [0.4, 0.5) is 8.78 Å². The van der Waals surface area contributed by atoms with Crippen molar-refractivity contribution >= 4 is 6.21 Å². The summed E-state index contributed by atoms with van der Waals surface area (Å²) in [6.07, 6.45) is 1.22. The van der Waals surface area contributed by atoms with E-state index >= 15 is 0 Å². The molecule has 1 N–H and O–H groups in total. The van der Waals surface area contributed by atoms with Crippen molar-refractivity contribution in [1.82, 2.24) is 5.43 Å². The molecular formula is C8H8F2N2. The lowest BCUT2D eigenvalue weighted by molar-refractivity contribution is 0.507. The molecule has 0 atom stereocenters. The van der Waals surface area contributed by atoms with E-state index in [9.17, 15) is 8.78 Å². The highest BCUT2D eigenvalue weighted by molar-refractivity contribution is 5.79. The third-order valence-corrected chi connectivity index (χ3v) is 1.31. The monoisotopic (exact) mass is 170 g/mol. The van der Waals surface area contributed by atoms with Crippen molar-refractivity contribution in [3.05, 3.63) is 35.4 Å². The molecule has 0 heterocycles. The van der Waals surface area contributed by atoms with Gasteiger partial charge in [-0.25, -0.2) is 8.78 Å². The van der Waals surface area contributed by atoms with Gasteiger partial charge in [0, 0.05) is 12.6 Å². The summed E-state index contributed by atoms with van der Waals surface area (Å²) in [5.41, 5.74) is 2.57. The summed E-state index contributed by atoms with van der Waals surface area (Å²) in [4.78, 5) is 0. The number of hydrogen-bond donors (Lipinski definition) is 1. The molecule has 0 spiro atoms. The summed E-state index contributed by atoms with van der Waals surface area (Å²) in [5, 5.41) is 3.56. The molecule has 4 heteroatoms. The number of nitrogens with one attached hydrogen (secondary N) is 1. The highest BCUT2D eigenvalue weighted by atomic mass is 19.2. The molecule has 12 heavy (non-hydrogen) atoms. The Hall–Kier alpha value is -1.45. The Morgan fingerprint density at radius 3 is 2.83 bits per heavy atom. The van der Waals surface area contributed by atoms with E-state index in [1.54, 1.807) is 7.05 Å². The molecule has 64 valence electrons. The van der Waals surface area contributed by atoms with E-state index in [4.69, 9.17) is 0 Å². The molecular weight excluding hydrogens is 162 g/mol. The summed E-state index contributed by atoms with van der Waals surface area (Å²) in [7, 11) is 1.58. The van der Waals surface area contributed by atoms with Crippen LogP contribution in [-0.2, 0) is 0 Å². The van der Waals surface area contributed by atoms with Gasteiger partial charge in [-0.1, -0.05) is 12.1 Å². The molecule has 1 rings (SSSR count). The summed E-state index contributed by atoms with van der Waals surface area (Å²) in [6, 6.07) is 3.93. The Balaban J connectivity index is 3.00. The second kappa shape index (κ2) is 3.80. The minimum atomic E-state index is -0.878. The molecule has 0 aliphatic heterocycles. The zero-order valence-electron chi connectivity index (χ0n) is 6.51. The first kappa shape index (κ1) is 8.64. The lowest BCUT2D eigenvalue weighted by atomic mass is 10.2. The minimum Gasteiger partial charge on any atom is -0.313 e. The van der Waals surface area contributed by atoms with Gasteiger partial charge in [-0.15, -0.1) is 0 Å². The maximum absolute atomic E-state index is 12.8. The van der Waals surface area contributed by atoms with Crippen LogP contribution >= 0.6 is 0 Å². The predicted molar refractivity (Wildman–Crippen MR) is 43.0 cm³/mol. The van der Waals surface area contributed by atoms with Crippen LogP contribution in [0, 0.1) is 11.6 Å². The lowest BCUT2D eigenvalue weighted by Crippen LogP contribution is -1.97. The first-order valence-corrected chi connectivity index (χ1v) is 3.39. The van der Waals surface area contributed by atoms with Crippen molar-refractivity contribution in [2.45, 2.75) is 0 Å². The van der Waals surface area contributed by atoms with Gasteiger partial charge in [0.25, 0.3) is 0 Å². The Kier molecular flexibility index (Phi) is 2.74. The minimum absolute atomic E-state index is 0.129. The van der Waals surface area contributed by atoms with Gasteiger partial charge in [-0.3, -0.25) is 0 Å². The van der Waals surface area contributed by atoms with Gasteiger partial charge in [0.1, 0.15) is 0 Å².